The molecule has 130 valence electrons. The van der Waals surface area contributed by atoms with Gasteiger partial charge in [0.1, 0.15) is 0 Å². The minimum atomic E-state index is -0.124. The number of hydrogen-bond donors (Lipinski definition) is 1. The van der Waals surface area contributed by atoms with Crippen LogP contribution in [0.4, 0.5) is 0 Å². The molecule has 4 fully saturated rings. The smallest absolute Gasteiger partial charge is 0.0682 e. The number of likely N-dealkylation sites (tertiary alicyclic amines) is 1. The lowest BCUT2D eigenvalue weighted by atomic mass is 9.79. The first-order valence-corrected chi connectivity index (χ1v) is 9.67. The minimum Gasteiger partial charge on any atom is -0.392 e. The van der Waals surface area contributed by atoms with Gasteiger partial charge in [-0.15, -0.1) is 0 Å². The Bertz CT molecular complexity index is 582. The molecule has 5 rings (SSSR count). The monoisotopic (exact) mass is 327 g/mol. The van der Waals surface area contributed by atoms with Gasteiger partial charge in [-0.05, 0) is 24.8 Å². The first-order chi connectivity index (χ1) is 11.7. The van der Waals surface area contributed by atoms with Gasteiger partial charge in [0.15, 0.2) is 0 Å². The normalized spacial score (nSPS) is 34.0. The number of piperazine rings is 1. The molecule has 0 bridgehead atoms. The molecule has 4 heteroatoms. The summed E-state index contributed by atoms with van der Waals surface area (Å²) in [7, 11) is 0. The average molecular weight is 327 g/mol. The van der Waals surface area contributed by atoms with E-state index in [1.807, 2.05) is 0 Å². The molecule has 3 saturated heterocycles. The van der Waals surface area contributed by atoms with E-state index in [-0.39, 0.29) is 6.10 Å². The van der Waals surface area contributed by atoms with Crippen molar-refractivity contribution in [2.75, 3.05) is 32.7 Å². The van der Waals surface area contributed by atoms with Gasteiger partial charge in [0, 0.05) is 51.4 Å². The highest BCUT2D eigenvalue weighted by Gasteiger charge is 2.57. The van der Waals surface area contributed by atoms with Crippen molar-refractivity contribution in [3.05, 3.63) is 35.9 Å². The second-order valence-corrected chi connectivity index (χ2v) is 8.56. The van der Waals surface area contributed by atoms with Crippen LogP contribution in [0.5, 0.6) is 0 Å². The third kappa shape index (κ3) is 2.51. The second-order valence-electron chi connectivity index (χ2n) is 8.56. The third-order valence-corrected chi connectivity index (χ3v) is 6.82. The van der Waals surface area contributed by atoms with E-state index in [1.54, 1.807) is 0 Å². The summed E-state index contributed by atoms with van der Waals surface area (Å²) in [6, 6.07) is 12.3. The fraction of sp³-hybridized carbons (Fsp3) is 0.700. The van der Waals surface area contributed by atoms with Crippen LogP contribution in [0.1, 0.15) is 31.2 Å². The Hall–Kier alpha value is -0.940. The Morgan fingerprint density at radius 3 is 2.50 bits per heavy atom. The molecule has 0 radical (unpaired) electrons. The van der Waals surface area contributed by atoms with E-state index in [0.29, 0.717) is 11.6 Å². The zero-order chi connectivity index (χ0) is 16.1. The molecular weight excluding hydrogens is 298 g/mol. The maximum atomic E-state index is 10.2. The number of benzene rings is 1. The Kier molecular flexibility index (Phi) is 3.71. The highest BCUT2D eigenvalue weighted by molar-refractivity contribution is 5.18. The van der Waals surface area contributed by atoms with Gasteiger partial charge in [-0.1, -0.05) is 36.8 Å². The molecule has 4 aliphatic rings. The molecule has 2 atom stereocenters. The number of hydrogen-bond acceptors (Lipinski definition) is 4. The van der Waals surface area contributed by atoms with Crippen LogP contribution >= 0.6 is 0 Å². The molecule has 1 spiro atoms. The Balaban J connectivity index is 1.32. The predicted octanol–water partition coefficient (Wildman–Crippen LogP) is 1.54. The SMILES string of the molecule is O[C@@H]1C[C@H]2CN(Cc3ccccc3)CC3(CN(C4CCC4)C3)N2C1. The van der Waals surface area contributed by atoms with Gasteiger partial charge in [-0.2, -0.15) is 0 Å². The summed E-state index contributed by atoms with van der Waals surface area (Å²) in [6.45, 7) is 6.64. The first-order valence-electron chi connectivity index (χ1n) is 9.67. The lowest BCUT2D eigenvalue weighted by Gasteiger charge is -2.63. The number of β-amino-alcohol motifs (C(OH)–C–C–N with tert-alkyl or cyclic N) is 1. The maximum absolute atomic E-state index is 10.2. The van der Waals surface area contributed by atoms with E-state index in [9.17, 15) is 5.11 Å². The zero-order valence-electron chi connectivity index (χ0n) is 14.5. The van der Waals surface area contributed by atoms with Crippen molar-refractivity contribution >= 4 is 0 Å². The molecule has 3 aliphatic heterocycles. The maximum Gasteiger partial charge on any atom is 0.0682 e. The van der Waals surface area contributed by atoms with Crippen LogP contribution in [-0.2, 0) is 6.54 Å². The number of nitrogens with zero attached hydrogens (tertiary/aromatic N) is 3. The van der Waals surface area contributed by atoms with E-state index in [1.165, 1.54) is 37.9 Å². The van der Waals surface area contributed by atoms with Crippen LogP contribution in [-0.4, -0.2) is 76.3 Å². The highest BCUT2D eigenvalue weighted by atomic mass is 16.3. The fourth-order valence-corrected chi connectivity index (χ4v) is 5.48. The van der Waals surface area contributed by atoms with Crippen molar-refractivity contribution in [2.24, 2.45) is 0 Å². The van der Waals surface area contributed by atoms with Crippen LogP contribution in [0.2, 0.25) is 0 Å². The van der Waals surface area contributed by atoms with Gasteiger partial charge >= 0.3 is 0 Å². The van der Waals surface area contributed by atoms with Gasteiger partial charge in [-0.3, -0.25) is 14.7 Å². The quantitative estimate of drug-likeness (QED) is 0.912. The molecule has 1 aromatic carbocycles. The van der Waals surface area contributed by atoms with E-state index in [0.717, 1.165) is 38.6 Å². The topological polar surface area (TPSA) is 30.0 Å². The van der Waals surface area contributed by atoms with Crippen LogP contribution in [0.15, 0.2) is 30.3 Å². The van der Waals surface area contributed by atoms with Crippen molar-refractivity contribution in [3.8, 4) is 0 Å². The van der Waals surface area contributed by atoms with Crippen LogP contribution in [0.3, 0.4) is 0 Å². The Labute approximate surface area is 145 Å². The number of aliphatic hydroxyl groups is 1. The third-order valence-electron chi connectivity index (χ3n) is 6.82. The lowest BCUT2D eigenvalue weighted by molar-refractivity contribution is -0.136. The molecule has 1 saturated carbocycles. The molecule has 1 aromatic rings. The van der Waals surface area contributed by atoms with Gasteiger partial charge < -0.3 is 5.11 Å². The molecule has 0 amide bonds. The molecular formula is C20H29N3O. The molecule has 3 heterocycles. The fourth-order valence-electron chi connectivity index (χ4n) is 5.48. The van der Waals surface area contributed by atoms with Gasteiger partial charge in [0.25, 0.3) is 0 Å². The van der Waals surface area contributed by atoms with E-state index in [2.05, 4.69) is 45.0 Å². The molecule has 24 heavy (non-hydrogen) atoms. The Morgan fingerprint density at radius 2 is 1.79 bits per heavy atom. The van der Waals surface area contributed by atoms with Crippen LogP contribution < -0.4 is 0 Å². The first kappa shape index (κ1) is 15.3. The number of aliphatic hydroxyl groups excluding tert-OH is 1. The van der Waals surface area contributed by atoms with Crippen molar-refractivity contribution in [2.45, 2.75) is 56.0 Å². The van der Waals surface area contributed by atoms with Crippen molar-refractivity contribution in [3.63, 3.8) is 0 Å². The van der Waals surface area contributed by atoms with Crippen molar-refractivity contribution in [1.82, 2.24) is 14.7 Å². The van der Waals surface area contributed by atoms with Crippen molar-refractivity contribution < 1.29 is 5.11 Å². The van der Waals surface area contributed by atoms with Crippen molar-refractivity contribution in [1.29, 1.82) is 0 Å². The molecule has 0 aromatic heterocycles. The molecule has 1 N–H and O–H groups in total. The highest BCUT2D eigenvalue weighted by Crippen LogP contribution is 2.42. The van der Waals surface area contributed by atoms with Gasteiger partial charge in [0.05, 0.1) is 11.6 Å². The number of fused-ring (bicyclic) bond motifs is 2. The minimum absolute atomic E-state index is 0.124. The lowest BCUT2D eigenvalue weighted by Crippen LogP contribution is -2.79. The largest absolute Gasteiger partial charge is 0.392 e. The predicted molar refractivity (Wildman–Crippen MR) is 94.8 cm³/mol. The van der Waals surface area contributed by atoms with Gasteiger partial charge in [0.2, 0.25) is 0 Å². The van der Waals surface area contributed by atoms with E-state index < -0.39 is 0 Å². The molecule has 4 nitrogen and oxygen atoms in total. The summed E-state index contributed by atoms with van der Waals surface area (Å²) in [5.41, 5.74) is 1.71. The summed E-state index contributed by atoms with van der Waals surface area (Å²) in [5.74, 6) is 0. The van der Waals surface area contributed by atoms with E-state index >= 15 is 0 Å². The summed E-state index contributed by atoms with van der Waals surface area (Å²) in [6.07, 6.45) is 5.04. The summed E-state index contributed by atoms with van der Waals surface area (Å²) >= 11 is 0. The standard InChI is InChI=1S/C20H29N3O/c24-19-9-18-11-21(10-16-5-2-1-3-6-16)13-20(23(18)12-19)14-22(15-20)17-7-4-8-17/h1-3,5-6,17-19,24H,4,7-15H2/t18-,19+/m0/s1. The summed E-state index contributed by atoms with van der Waals surface area (Å²) in [4.78, 5) is 8.03. The van der Waals surface area contributed by atoms with Crippen LogP contribution in [0.25, 0.3) is 0 Å². The molecule has 1 aliphatic carbocycles. The molecule has 0 unspecified atom stereocenters. The number of rotatable bonds is 3. The van der Waals surface area contributed by atoms with Gasteiger partial charge in [-0.25, -0.2) is 0 Å². The zero-order valence-corrected chi connectivity index (χ0v) is 14.5. The second kappa shape index (κ2) is 5.80. The Morgan fingerprint density at radius 1 is 1.00 bits per heavy atom. The summed E-state index contributed by atoms with van der Waals surface area (Å²) < 4.78 is 0. The average Bonchev–Trinajstić information content (AvgIpc) is 2.85. The van der Waals surface area contributed by atoms with E-state index in [4.69, 9.17) is 0 Å². The summed E-state index contributed by atoms with van der Waals surface area (Å²) in [5, 5.41) is 10.2. The van der Waals surface area contributed by atoms with Crippen LogP contribution in [0, 0.1) is 0 Å².